The van der Waals surface area contributed by atoms with E-state index in [-0.39, 0.29) is 12.8 Å². The number of hydrogen-bond donors (Lipinski definition) is 1. The normalized spacial score (nSPS) is 14.8. The first-order valence-electron chi connectivity index (χ1n) is 5.45. The molecule has 0 radical (unpaired) electrons. The van der Waals surface area contributed by atoms with Crippen LogP contribution >= 0.6 is 22.9 Å². The van der Waals surface area contributed by atoms with Crippen molar-refractivity contribution in [2.24, 2.45) is 5.73 Å². The van der Waals surface area contributed by atoms with Gasteiger partial charge in [0.25, 0.3) is 0 Å². The number of ether oxygens (including phenoxy) is 2. The zero-order valence-corrected chi connectivity index (χ0v) is 11.2. The van der Waals surface area contributed by atoms with Crippen LogP contribution in [0.1, 0.15) is 18.7 Å². The lowest BCUT2D eigenvalue weighted by atomic mass is 10.2. The highest BCUT2D eigenvalue weighted by Crippen LogP contribution is 2.42. The molecule has 0 amide bonds. The molecule has 1 aliphatic heterocycles. The van der Waals surface area contributed by atoms with Crippen molar-refractivity contribution in [2.45, 2.75) is 13.0 Å². The van der Waals surface area contributed by atoms with Gasteiger partial charge in [0.15, 0.2) is 11.5 Å². The van der Waals surface area contributed by atoms with Crippen molar-refractivity contribution >= 4 is 22.9 Å². The molecule has 0 saturated heterocycles. The molecule has 4 nitrogen and oxygen atoms in total. The maximum Gasteiger partial charge on any atom is 0.231 e. The molecule has 0 aliphatic carbocycles. The molecule has 2 heterocycles. The summed E-state index contributed by atoms with van der Waals surface area (Å²) in [6.45, 7) is 2.12. The standard InChI is InChI=1S/C12H11ClN2O2S/c1-6(14)9-4-18-12(15-9)7-2-8(13)11-10(3-7)16-5-17-11/h2-4,6H,5,14H2,1H3. The highest BCUT2D eigenvalue weighted by molar-refractivity contribution is 7.13. The van der Waals surface area contributed by atoms with Gasteiger partial charge in [-0.25, -0.2) is 4.98 Å². The monoisotopic (exact) mass is 282 g/mol. The van der Waals surface area contributed by atoms with Gasteiger partial charge < -0.3 is 15.2 Å². The highest BCUT2D eigenvalue weighted by atomic mass is 35.5. The highest BCUT2D eigenvalue weighted by Gasteiger charge is 2.20. The van der Waals surface area contributed by atoms with Gasteiger partial charge in [-0.1, -0.05) is 11.6 Å². The SMILES string of the molecule is CC(N)c1csc(-c2cc(Cl)c3c(c2)OCO3)n1. The Hall–Kier alpha value is -1.30. The summed E-state index contributed by atoms with van der Waals surface area (Å²) >= 11 is 7.68. The fourth-order valence-electron chi connectivity index (χ4n) is 1.72. The second kappa shape index (κ2) is 4.42. The topological polar surface area (TPSA) is 57.4 Å². The van der Waals surface area contributed by atoms with Gasteiger partial charge in [0.05, 0.1) is 10.7 Å². The van der Waals surface area contributed by atoms with Crippen molar-refractivity contribution in [1.29, 1.82) is 0 Å². The minimum absolute atomic E-state index is 0.0699. The average Bonchev–Trinajstić information content (AvgIpc) is 2.97. The number of benzene rings is 1. The lowest BCUT2D eigenvalue weighted by Crippen LogP contribution is -2.04. The third-order valence-electron chi connectivity index (χ3n) is 2.66. The lowest BCUT2D eigenvalue weighted by Gasteiger charge is -2.02. The smallest absolute Gasteiger partial charge is 0.231 e. The van der Waals surface area contributed by atoms with Crippen molar-refractivity contribution < 1.29 is 9.47 Å². The number of hydrogen-bond acceptors (Lipinski definition) is 5. The van der Waals surface area contributed by atoms with Crippen LogP contribution in [0.3, 0.4) is 0 Å². The molecule has 1 aromatic heterocycles. The van der Waals surface area contributed by atoms with Crippen LogP contribution in [0.5, 0.6) is 11.5 Å². The van der Waals surface area contributed by atoms with Crippen LogP contribution in [0.15, 0.2) is 17.5 Å². The second-order valence-corrected chi connectivity index (χ2v) is 5.32. The molecule has 1 aromatic carbocycles. The van der Waals surface area contributed by atoms with E-state index in [1.165, 1.54) is 11.3 Å². The molecule has 0 fully saturated rings. The summed E-state index contributed by atoms with van der Waals surface area (Å²) < 4.78 is 10.6. The van der Waals surface area contributed by atoms with Gasteiger partial charge in [-0.15, -0.1) is 11.3 Å². The molecule has 1 aliphatic rings. The van der Waals surface area contributed by atoms with Gasteiger partial charge in [-0.3, -0.25) is 0 Å². The van der Waals surface area contributed by atoms with Crippen LogP contribution in [-0.4, -0.2) is 11.8 Å². The van der Waals surface area contributed by atoms with Crippen LogP contribution in [0.2, 0.25) is 5.02 Å². The van der Waals surface area contributed by atoms with Gasteiger partial charge >= 0.3 is 0 Å². The minimum atomic E-state index is -0.0699. The summed E-state index contributed by atoms with van der Waals surface area (Å²) in [5.74, 6) is 1.26. The fraction of sp³-hybridized carbons (Fsp3) is 0.250. The maximum atomic E-state index is 6.14. The first-order valence-corrected chi connectivity index (χ1v) is 6.71. The summed E-state index contributed by atoms with van der Waals surface area (Å²) in [6.07, 6.45) is 0. The van der Waals surface area contributed by atoms with E-state index >= 15 is 0 Å². The molecule has 2 N–H and O–H groups in total. The summed E-state index contributed by atoms with van der Waals surface area (Å²) in [7, 11) is 0. The Morgan fingerprint density at radius 3 is 3.00 bits per heavy atom. The molecule has 0 saturated carbocycles. The Balaban J connectivity index is 2.03. The van der Waals surface area contributed by atoms with Crippen molar-refractivity contribution in [3.05, 3.63) is 28.2 Å². The van der Waals surface area contributed by atoms with E-state index < -0.39 is 0 Å². The van der Waals surface area contributed by atoms with Crippen LogP contribution < -0.4 is 15.2 Å². The summed E-state index contributed by atoms with van der Waals surface area (Å²) in [6, 6.07) is 3.65. The Morgan fingerprint density at radius 2 is 2.28 bits per heavy atom. The van der Waals surface area contributed by atoms with E-state index in [0.717, 1.165) is 16.3 Å². The molecule has 18 heavy (non-hydrogen) atoms. The molecule has 6 heteroatoms. The molecule has 1 atom stereocenters. The number of rotatable bonds is 2. The number of fused-ring (bicyclic) bond motifs is 1. The van der Waals surface area contributed by atoms with E-state index in [4.69, 9.17) is 26.8 Å². The predicted octanol–water partition coefficient (Wildman–Crippen LogP) is 3.21. The Morgan fingerprint density at radius 1 is 1.44 bits per heavy atom. The van der Waals surface area contributed by atoms with Crippen molar-refractivity contribution in [2.75, 3.05) is 6.79 Å². The zero-order chi connectivity index (χ0) is 12.7. The minimum Gasteiger partial charge on any atom is -0.454 e. The average molecular weight is 283 g/mol. The third-order valence-corrected chi connectivity index (χ3v) is 3.85. The molecule has 0 spiro atoms. The Kier molecular flexibility index (Phi) is 2.89. The van der Waals surface area contributed by atoms with E-state index in [0.29, 0.717) is 16.5 Å². The maximum absolute atomic E-state index is 6.14. The number of nitrogens with zero attached hydrogens (tertiary/aromatic N) is 1. The van der Waals surface area contributed by atoms with E-state index in [1.54, 1.807) is 0 Å². The molecule has 3 rings (SSSR count). The summed E-state index contributed by atoms with van der Waals surface area (Å²) in [4.78, 5) is 4.49. The second-order valence-electron chi connectivity index (χ2n) is 4.06. The first-order chi connectivity index (χ1) is 8.65. The van der Waals surface area contributed by atoms with Gasteiger partial charge in [0.1, 0.15) is 5.01 Å². The van der Waals surface area contributed by atoms with Gasteiger partial charge in [-0.2, -0.15) is 0 Å². The van der Waals surface area contributed by atoms with Crippen molar-refractivity contribution in [3.63, 3.8) is 0 Å². The Bertz CT molecular complexity index is 598. The number of nitrogens with two attached hydrogens (primary N) is 1. The number of thiazole rings is 1. The number of aromatic nitrogens is 1. The molecule has 2 aromatic rings. The Labute approximate surface area is 113 Å². The largest absolute Gasteiger partial charge is 0.454 e. The van der Waals surface area contributed by atoms with Crippen molar-refractivity contribution in [1.82, 2.24) is 4.98 Å². The van der Waals surface area contributed by atoms with Crippen LogP contribution in [0, 0.1) is 0 Å². The van der Waals surface area contributed by atoms with E-state index in [9.17, 15) is 0 Å². The van der Waals surface area contributed by atoms with Gasteiger partial charge in [0, 0.05) is 17.0 Å². The predicted molar refractivity (Wildman–Crippen MR) is 71.3 cm³/mol. The van der Waals surface area contributed by atoms with E-state index in [2.05, 4.69) is 4.98 Å². The zero-order valence-electron chi connectivity index (χ0n) is 9.64. The van der Waals surface area contributed by atoms with Crippen molar-refractivity contribution in [3.8, 4) is 22.1 Å². The molecular formula is C12H11ClN2O2S. The third kappa shape index (κ3) is 1.94. The van der Waals surface area contributed by atoms with E-state index in [1.807, 2.05) is 24.4 Å². The lowest BCUT2D eigenvalue weighted by molar-refractivity contribution is 0.174. The fourth-order valence-corrected chi connectivity index (χ4v) is 2.90. The quantitative estimate of drug-likeness (QED) is 0.919. The molecule has 94 valence electrons. The number of halogens is 1. The van der Waals surface area contributed by atoms with Crippen LogP contribution in [0.4, 0.5) is 0 Å². The summed E-state index contributed by atoms with van der Waals surface area (Å²) in [5, 5.41) is 3.37. The summed E-state index contributed by atoms with van der Waals surface area (Å²) in [5.41, 5.74) is 7.59. The molecule has 1 unspecified atom stereocenters. The molecule has 0 bridgehead atoms. The first kappa shape index (κ1) is 11.8. The molecular weight excluding hydrogens is 272 g/mol. The van der Waals surface area contributed by atoms with Gasteiger partial charge in [-0.05, 0) is 19.1 Å². The van der Waals surface area contributed by atoms with Crippen LogP contribution in [0.25, 0.3) is 10.6 Å². The van der Waals surface area contributed by atoms with Gasteiger partial charge in [0.2, 0.25) is 6.79 Å². The van der Waals surface area contributed by atoms with Crippen LogP contribution in [-0.2, 0) is 0 Å².